The van der Waals surface area contributed by atoms with Crippen LogP contribution in [-0.4, -0.2) is 16.7 Å². The number of fused-ring (bicyclic) bond motifs is 1. The number of aromatic nitrogens is 2. The molecule has 0 radical (unpaired) electrons. The minimum atomic E-state index is 0.337. The van der Waals surface area contributed by atoms with Crippen LogP contribution in [0.4, 0.5) is 0 Å². The molecule has 0 atom stereocenters. The third-order valence-electron chi connectivity index (χ3n) is 3.38. The Bertz CT molecular complexity index is 813. The molecular weight excluding hydrogens is 352 g/mol. The van der Waals surface area contributed by atoms with Gasteiger partial charge in [-0.2, -0.15) is 0 Å². The molecule has 0 N–H and O–H groups in total. The normalized spacial score (nSPS) is 11.0. The smallest absolute Gasteiger partial charge is 0.142 e. The van der Waals surface area contributed by atoms with E-state index >= 15 is 0 Å². The van der Waals surface area contributed by atoms with Crippen LogP contribution in [0.15, 0.2) is 40.9 Å². The molecule has 0 unspecified atom stereocenters. The fraction of sp³-hybridized carbons (Fsp3) is 0.188. The van der Waals surface area contributed by atoms with Gasteiger partial charge in [-0.05, 0) is 42.8 Å². The highest BCUT2D eigenvalue weighted by molar-refractivity contribution is 9.10. The lowest BCUT2D eigenvalue weighted by molar-refractivity contribution is 0.413. The second kappa shape index (κ2) is 5.70. The molecule has 0 saturated carbocycles. The fourth-order valence-corrected chi connectivity index (χ4v) is 2.96. The number of alkyl halides is 1. The van der Waals surface area contributed by atoms with Gasteiger partial charge in [0.15, 0.2) is 0 Å². The van der Waals surface area contributed by atoms with Crippen LogP contribution in [-0.2, 0) is 5.88 Å². The summed E-state index contributed by atoms with van der Waals surface area (Å²) in [6.45, 7) is 2.05. The molecule has 21 heavy (non-hydrogen) atoms. The van der Waals surface area contributed by atoms with Gasteiger partial charge in [-0.15, -0.1) is 11.6 Å². The number of ether oxygens (including phenoxy) is 1. The average molecular weight is 366 g/mol. The van der Waals surface area contributed by atoms with Crippen molar-refractivity contribution in [1.82, 2.24) is 9.55 Å². The number of rotatable bonds is 3. The monoisotopic (exact) mass is 364 g/mol. The predicted octanol–water partition coefficient (Wildman–Crippen LogP) is 4.84. The van der Waals surface area contributed by atoms with Crippen LogP contribution < -0.4 is 4.74 Å². The molecule has 0 spiro atoms. The van der Waals surface area contributed by atoms with Crippen LogP contribution in [0.2, 0.25) is 0 Å². The van der Waals surface area contributed by atoms with E-state index in [-0.39, 0.29) is 0 Å². The number of halogens is 2. The lowest BCUT2D eigenvalue weighted by atomic mass is 10.2. The summed E-state index contributed by atoms with van der Waals surface area (Å²) in [7, 11) is 1.67. The van der Waals surface area contributed by atoms with Crippen molar-refractivity contribution in [3.05, 3.63) is 52.3 Å². The Morgan fingerprint density at radius 3 is 2.76 bits per heavy atom. The second-order valence-electron chi connectivity index (χ2n) is 4.81. The molecule has 0 bridgehead atoms. The number of methoxy groups -OCH3 is 1. The van der Waals surface area contributed by atoms with Crippen molar-refractivity contribution in [3.8, 4) is 11.4 Å². The van der Waals surface area contributed by atoms with Crippen molar-refractivity contribution in [3.63, 3.8) is 0 Å². The van der Waals surface area contributed by atoms with E-state index in [0.717, 1.165) is 38.3 Å². The van der Waals surface area contributed by atoms with Gasteiger partial charge < -0.3 is 4.74 Å². The van der Waals surface area contributed by atoms with Crippen molar-refractivity contribution in [2.75, 3.05) is 7.11 Å². The van der Waals surface area contributed by atoms with Gasteiger partial charge in [-0.25, -0.2) is 4.98 Å². The first kappa shape index (κ1) is 14.4. The summed E-state index contributed by atoms with van der Waals surface area (Å²) in [5, 5.41) is 0. The van der Waals surface area contributed by atoms with Crippen molar-refractivity contribution in [1.29, 1.82) is 0 Å². The molecule has 2 aromatic carbocycles. The Hall–Kier alpha value is -1.52. The van der Waals surface area contributed by atoms with Crippen LogP contribution >= 0.6 is 27.5 Å². The van der Waals surface area contributed by atoms with E-state index in [1.807, 2.05) is 30.3 Å². The van der Waals surface area contributed by atoms with E-state index in [1.165, 1.54) is 0 Å². The van der Waals surface area contributed by atoms with Crippen LogP contribution in [0.3, 0.4) is 0 Å². The summed E-state index contributed by atoms with van der Waals surface area (Å²) in [5.74, 6) is 1.93. The molecule has 108 valence electrons. The number of imidazole rings is 1. The van der Waals surface area contributed by atoms with Crippen molar-refractivity contribution in [2.24, 2.45) is 0 Å². The number of aryl methyl sites for hydroxylation is 1. The number of nitrogens with zero attached hydrogens (tertiary/aromatic N) is 2. The van der Waals surface area contributed by atoms with E-state index < -0.39 is 0 Å². The van der Waals surface area contributed by atoms with Crippen LogP contribution in [0.5, 0.6) is 5.75 Å². The average Bonchev–Trinajstić information content (AvgIpc) is 2.84. The number of hydrogen-bond acceptors (Lipinski definition) is 2. The molecule has 3 rings (SSSR count). The Morgan fingerprint density at radius 2 is 2.05 bits per heavy atom. The molecule has 1 heterocycles. The minimum absolute atomic E-state index is 0.337. The lowest BCUT2D eigenvalue weighted by Gasteiger charge is -2.13. The standard InChI is InChI=1S/C16H14BrClN2O/c1-10-3-6-15(21-2)14(7-10)20-13-8-11(17)4-5-12(13)19-16(20)9-18/h3-8H,9H2,1-2H3. The molecule has 0 amide bonds. The molecule has 0 aliphatic heterocycles. The maximum atomic E-state index is 6.09. The zero-order chi connectivity index (χ0) is 15.0. The number of hydrogen-bond donors (Lipinski definition) is 0. The zero-order valence-electron chi connectivity index (χ0n) is 11.7. The van der Waals surface area contributed by atoms with E-state index in [0.29, 0.717) is 5.88 Å². The molecule has 0 fully saturated rings. The molecule has 5 heteroatoms. The van der Waals surface area contributed by atoms with Gasteiger partial charge in [0.2, 0.25) is 0 Å². The second-order valence-corrected chi connectivity index (χ2v) is 5.99. The fourth-order valence-electron chi connectivity index (χ4n) is 2.43. The number of benzene rings is 2. The molecule has 3 aromatic rings. The molecule has 0 aliphatic carbocycles. The topological polar surface area (TPSA) is 27.1 Å². The first-order valence-corrected chi connectivity index (χ1v) is 7.84. The minimum Gasteiger partial charge on any atom is -0.495 e. The summed E-state index contributed by atoms with van der Waals surface area (Å²) in [6, 6.07) is 12.1. The van der Waals surface area contributed by atoms with Gasteiger partial charge in [0.25, 0.3) is 0 Å². The first-order chi connectivity index (χ1) is 10.1. The summed E-state index contributed by atoms with van der Waals surface area (Å²) >= 11 is 9.61. The Morgan fingerprint density at radius 1 is 1.24 bits per heavy atom. The van der Waals surface area contributed by atoms with Gasteiger partial charge in [-0.3, -0.25) is 4.57 Å². The summed E-state index contributed by atoms with van der Waals surface area (Å²) < 4.78 is 8.56. The molecule has 3 nitrogen and oxygen atoms in total. The zero-order valence-corrected chi connectivity index (χ0v) is 14.1. The lowest BCUT2D eigenvalue weighted by Crippen LogP contribution is -2.02. The van der Waals surface area contributed by atoms with E-state index in [4.69, 9.17) is 16.3 Å². The van der Waals surface area contributed by atoms with Crippen molar-refractivity contribution in [2.45, 2.75) is 12.8 Å². The first-order valence-electron chi connectivity index (χ1n) is 6.52. The Balaban J connectivity index is 2.38. The van der Waals surface area contributed by atoms with Crippen LogP contribution in [0.25, 0.3) is 16.7 Å². The SMILES string of the molecule is COc1ccc(C)cc1-n1c(CCl)nc2ccc(Br)cc21. The van der Waals surface area contributed by atoms with Gasteiger partial charge >= 0.3 is 0 Å². The maximum absolute atomic E-state index is 6.09. The summed E-state index contributed by atoms with van der Waals surface area (Å²) in [6.07, 6.45) is 0. The predicted molar refractivity (Wildman–Crippen MR) is 89.6 cm³/mol. The van der Waals surface area contributed by atoms with E-state index in [1.54, 1.807) is 7.11 Å². The van der Waals surface area contributed by atoms with Crippen LogP contribution in [0, 0.1) is 6.92 Å². The molecule has 0 saturated heterocycles. The third-order valence-corrected chi connectivity index (χ3v) is 4.11. The maximum Gasteiger partial charge on any atom is 0.142 e. The van der Waals surface area contributed by atoms with Gasteiger partial charge in [0, 0.05) is 4.47 Å². The van der Waals surface area contributed by atoms with E-state index in [2.05, 4.69) is 38.5 Å². The van der Waals surface area contributed by atoms with Crippen molar-refractivity contribution >= 4 is 38.6 Å². The van der Waals surface area contributed by atoms with E-state index in [9.17, 15) is 0 Å². The van der Waals surface area contributed by atoms with Crippen molar-refractivity contribution < 1.29 is 4.74 Å². The summed E-state index contributed by atoms with van der Waals surface area (Å²) in [5.41, 5.74) is 4.03. The quantitative estimate of drug-likeness (QED) is 0.621. The summed E-state index contributed by atoms with van der Waals surface area (Å²) in [4.78, 5) is 4.61. The van der Waals surface area contributed by atoms with Gasteiger partial charge in [0.1, 0.15) is 11.6 Å². The van der Waals surface area contributed by atoms with Crippen LogP contribution in [0.1, 0.15) is 11.4 Å². The van der Waals surface area contributed by atoms with Gasteiger partial charge in [0.05, 0.1) is 29.7 Å². The highest BCUT2D eigenvalue weighted by atomic mass is 79.9. The Labute approximate surface area is 136 Å². The van der Waals surface area contributed by atoms with Gasteiger partial charge in [-0.1, -0.05) is 22.0 Å². The Kier molecular flexibility index (Phi) is 3.91. The highest BCUT2D eigenvalue weighted by Crippen LogP contribution is 2.31. The highest BCUT2D eigenvalue weighted by Gasteiger charge is 2.15. The third kappa shape index (κ3) is 2.54. The molecule has 1 aromatic heterocycles. The molecular formula is C16H14BrClN2O. The largest absolute Gasteiger partial charge is 0.495 e. The molecule has 0 aliphatic rings.